The van der Waals surface area contributed by atoms with Crippen molar-refractivity contribution in [3.05, 3.63) is 16.7 Å². The molecule has 2 N–H and O–H groups in total. The molecule has 0 aliphatic heterocycles. The second-order valence-electron chi connectivity index (χ2n) is 2.53. The number of rotatable bonds is 1. The largest absolute Gasteiger partial charge is 0.375 e. The summed E-state index contributed by atoms with van der Waals surface area (Å²) in [5, 5.41) is 2.98. The van der Waals surface area contributed by atoms with Crippen molar-refractivity contribution < 1.29 is 0 Å². The number of hydrogen-bond donors (Lipinski definition) is 1. The zero-order chi connectivity index (χ0) is 9.42. The molecule has 2 aromatic rings. The average Bonchev–Trinajstić information content (AvgIpc) is 2.62. The molecule has 7 heteroatoms. The maximum absolute atomic E-state index is 5.83. The summed E-state index contributed by atoms with van der Waals surface area (Å²) >= 11 is 7.22. The Morgan fingerprint density at radius 1 is 1.57 bits per heavy atom. The molecule has 14 heavy (non-hydrogen) atoms. The van der Waals surface area contributed by atoms with Gasteiger partial charge < -0.3 is 10.3 Å². The molecule has 0 aliphatic carbocycles. The number of nitrogen functional groups attached to an aromatic ring is 1. The minimum absolute atomic E-state index is 0. The Bertz CT molecular complexity index is 437. The first-order valence-electron chi connectivity index (χ1n) is 3.57. The van der Waals surface area contributed by atoms with Crippen LogP contribution in [0.15, 0.2) is 11.6 Å². The van der Waals surface area contributed by atoms with E-state index in [2.05, 4.69) is 9.97 Å². The maximum atomic E-state index is 5.83. The van der Waals surface area contributed by atoms with Crippen molar-refractivity contribution in [2.45, 2.75) is 0 Å². The van der Waals surface area contributed by atoms with Crippen molar-refractivity contribution in [2.24, 2.45) is 7.05 Å². The molecule has 0 radical (unpaired) electrons. The molecule has 0 fully saturated rings. The van der Waals surface area contributed by atoms with Crippen LogP contribution in [0, 0.1) is 0 Å². The monoisotopic (exact) mass is 250 g/mol. The third-order valence-electron chi connectivity index (χ3n) is 1.68. The highest BCUT2D eigenvalue weighted by Gasteiger charge is 2.09. The van der Waals surface area contributed by atoms with Crippen LogP contribution in [-0.2, 0) is 7.05 Å². The Morgan fingerprint density at radius 2 is 2.29 bits per heavy atom. The highest BCUT2D eigenvalue weighted by atomic mass is 35.5. The number of anilines is 1. The number of nitrogens with zero attached hydrogens (tertiary/aromatic N) is 3. The predicted molar refractivity (Wildman–Crippen MR) is 61.0 cm³/mol. The molecule has 2 heterocycles. The van der Waals surface area contributed by atoms with Crippen molar-refractivity contribution in [2.75, 3.05) is 5.73 Å². The number of aromatic nitrogens is 3. The summed E-state index contributed by atoms with van der Waals surface area (Å²) in [7, 11) is 1.83. The van der Waals surface area contributed by atoms with Crippen LogP contribution in [0.25, 0.3) is 11.5 Å². The van der Waals surface area contributed by atoms with E-state index < -0.39 is 0 Å². The molecule has 0 aromatic carbocycles. The lowest BCUT2D eigenvalue weighted by Gasteiger charge is -1.97. The zero-order valence-electron chi connectivity index (χ0n) is 7.27. The number of halogens is 2. The normalized spacial score (nSPS) is 9.86. The number of thiazole rings is 1. The Balaban J connectivity index is 0.000000980. The van der Waals surface area contributed by atoms with E-state index in [9.17, 15) is 0 Å². The van der Waals surface area contributed by atoms with Crippen LogP contribution in [0.5, 0.6) is 0 Å². The summed E-state index contributed by atoms with van der Waals surface area (Å²) in [6, 6.07) is 0. The third kappa shape index (κ3) is 1.84. The topological polar surface area (TPSA) is 56.7 Å². The van der Waals surface area contributed by atoms with E-state index in [0.29, 0.717) is 10.3 Å². The van der Waals surface area contributed by atoms with Crippen LogP contribution in [-0.4, -0.2) is 14.5 Å². The molecule has 2 aromatic heterocycles. The van der Waals surface area contributed by atoms with Gasteiger partial charge in [0.05, 0.1) is 6.20 Å². The van der Waals surface area contributed by atoms with Crippen molar-refractivity contribution in [3.63, 3.8) is 0 Å². The van der Waals surface area contributed by atoms with Gasteiger partial charge in [-0.1, -0.05) is 11.6 Å². The molecule has 0 amide bonds. The molecule has 76 valence electrons. The fraction of sp³-hybridized carbons (Fsp3) is 0.143. The fourth-order valence-corrected chi connectivity index (χ4v) is 1.69. The number of nitrogens with two attached hydrogens (primary N) is 1. The van der Waals surface area contributed by atoms with Gasteiger partial charge in [0.1, 0.15) is 10.8 Å². The van der Waals surface area contributed by atoms with Gasteiger partial charge in [-0.15, -0.1) is 23.7 Å². The van der Waals surface area contributed by atoms with Crippen molar-refractivity contribution in [1.29, 1.82) is 0 Å². The Morgan fingerprint density at radius 3 is 2.71 bits per heavy atom. The van der Waals surface area contributed by atoms with Crippen LogP contribution in [0.2, 0.25) is 5.15 Å². The van der Waals surface area contributed by atoms with Gasteiger partial charge in [0.15, 0.2) is 11.0 Å². The van der Waals surface area contributed by atoms with E-state index in [1.54, 1.807) is 10.8 Å². The van der Waals surface area contributed by atoms with Crippen molar-refractivity contribution in [3.8, 4) is 11.5 Å². The summed E-state index contributed by atoms with van der Waals surface area (Å²) < 4.78 is 1.76. The Kier molecular flexibility index (Phi) is 3.36. The van der Waals surface area contributed by atoms with Crippen LogP contribution < -0.4 is 5.73 Å². The number of imidazole rings is 1. The second-order valence-corrected chi connectivity index (χ2v) is 3.81. The molecule has 0 atom stereocenters. The van der Waals surface area contributed by atoms with Crippen LogP contribution in [0.1, 0.15) is 0 Å². The van der Waals surface area contributed by atoms with E-state index in [0.717, 1.165) is 11.5 Å². The summed E-state index contributed by atoms with van der Waals surface area (Å²) in [5.74, 6) is 0.734. The van der Waals surface area contributed by atoms with Gasteiger partial charge in [-0.3, -0.25) is 0 Å². The SMILES string of the molecule is Cl.Cn1c(Cl)cnc1-c1csc(N)n1. The van der Waals surface area contributed by atoms with Crippen LogP contribution in [0.4, 0.5) is 5.13 Å². The van der Waals surface area contributed by atoms with Crippen LogP contribution in [0.3, 0.4) is 0 Å². The van der Waals surface area contributed by atoms with Gasteiger partial charge in [0.2, 0.25) is 0 Å². The highest BCUT2D eigenvalue weighted by molar-refractivity contribution is 7.13. The van der Waals surface area contributed by atoms with E-state index in [4.69, 9.17) is 17.3 Å². The van der Waals surface area contributed by atoms with E-state index >= 15 is 0 Å². The Labute approximate surface area is 96.1 Å². The minimum Gasteiger partial charge on any atom is -0.375 e. The predicted octanol–water partition coefficient (Wildman–Crippen LogP) is 2.20. The lowest BCUT2D eigenvalue weighted by atomic mass is 10.5. The van der Waals surface area contributed by atoms with Gasteiger partial charge in [-0.2, -0.15) is 0 Å². The molecule has 0 aliphatic rings. The summed E-state index contributed by atoms with van der Waals surface area (Å²) in [5.41, 5.74) is 6.27. The average molecular weight is 251 g/mol. The molecule has 0 unspecified atom stereocenters. The molecule has 2 rings (SSSR count). The van der Waals surface area contributed by atoms with Crippen molar-refractivity contribution in [1.82, 2.24) is 14.5 Å². The first-order chi connectivity index (χ1) is 6.18. The van der Waals surface area contributed by atoms with Gasteiger partial charge in [-0.05, 0) is 0 Å². The molecule has 0 saturated carbocycles. The second kappa shape index (κ2) is 4.16. The molecule has 4 nitrogen and oxygen atoms in total. The van der Waals surface area contributed by atoms with E-state index in [-0.39, 0.29) is 12.4 Å². The first kappa shape index (κ1) is 11.3. The van der Waals surface area contributed by atoms with E-state index in [1.165, 1.54) is 11.3 Å². The summed E-state index contributed by atoms with van der Waals surface area (Å²) in [6.07, 6.45) is 1.59. The van der Waals surface area contributed by atoms with Gasteiger partial charge in [0, 0.05) is 12.4 Å². The minimum atomic E-state index is 0. The Hall–Kier alpha value is -0.780. The lowest BCUT2D eigenvalue weighted by molar-refractivity contribution is 0.921. The van der Waals surface area contributed by atoms with Gasteiger partial charge in [0.25, 0.3) is 0 Å². The summed E-state index contributed by atoms with van der Waals surface area (Å²) in [6.45, 7) is 0. The quantitative estimate of drug-likeness (QED) is 0.845. The van der Waals surface area contributed by atoms with E-state index in [1.807, 2.05) is 12.4 Å². The lowest BCUT2D eigenvalue weighted by Crippen LogP contribution is -1.93. The molecule has 0 spiro atoms. The fourth-order valence-electron chi connectivity index (χ4n) is 1.02. The molecular weight excluding hydrogens is 243 g/mol. The summed E-state index contributed by atoms with van der Waals surface area (Å²) in [4.78, 5) is 8.23. The molecule has 0 bridgehead atoms. The van der Waals surface area contributed by atoms with Gasteiger partial charge >= 0.3 is 0 Å². The zero-order valence-corrected chi connectivity index (χ0v) is 9.66. The first-order valence-corrected chi connectivity index (χ1v) is 4.83. The van der Waals surface area contributed by atoms with Gasteiger partial charge in [-0.25, -0.2) is 9.97 Å². The maximum Gasteiger partial charge on any atom is 0.180 e. The number of hydrogen-bond acceptors (Lipinski definition) is 4. The smallest absolute Gasteiger partial charge is 0.180 e. The third-order valence-corrected chi connectivity index (χ3v) is 2.71. The van der Waals surface area contributed by atoms with Crippen LogP contribution >= 0.6 is 35.3 Å². The van der Waals surface area contributed by atoms with Crippen molar-refractivity contribution >= 4 is 40.5 Å². The molecule has 0 saturated heterocycles. The highest BCUT2D eigenvalue weighted by Crippen LogP contribution is 2.23. The molecular formula is C7H8Cl2N4S. The standard InChI is InChI=1S/C7H7ClN4S.ClH/c1-12-5(8)2-10-6(12)4-3-13-7(9)11-4;/h2-3H,1H3,(H2,9,11);1H.